The maximum Gasteiger partial charge on any atom is 0.217 e. The topological polar surface area (TPSA) is 99.5 Å². The van der Waals surface area contributed by atoms with Gasteiger partial charge in [0.05, 0.1) is 23.6 Å². The molecule has 2 aliphatic rings. The zero-order chi connectivity index (χ0) is 18.3. The van der Waals surface area contributed by atoms with Gasteiger partial charge in [-0.2, -0.15) is 0 Å². The van der Waals surface area contributed by atoms with Crippen molar-refractivity contribution in [1.29, 1.82) is 0 Å². The molecule has 2 aromatic rings. The number of fused-ring (bicyclic) bond motifs is 1. The number of rotatable bonds is 3. The predicted octanol–water partition coefficient (Wildman–Crippen LogP) is 0.796. The average molecular weight is 377 g/mol. The molecule has 1 fully saturated rings. The van der Waals surface area contributed by atoms with Gasteiger partial charge in [0.25, 0.3) is 0 Å². The quantitative estimate of drug-likeness (QED) is 0.849. The third-order valence-electron chi connectivity index (χ3n) is 4.54. The van der Waals surface area contributed by atoms with Crippen molar-refractivity contribution in [3.8, 4) is 22.9 Å². The molecule has 1 aromatic carbocycles. The molecule has 1 aromatic heterocycles. The summed E-state index contributed by atoms with van der Waals surface area (Å²) < 4.78 is 37.3. The number of carbonyl (C=O) groups excluding carboxylic acids is 1. The molecule has 9 heteroatoms. The third kappa shape index (κ3) is 3.14. The summed E-state index contributed by atoms with van der Waals surface area (Å²) in [6, 6.07) is 4.63. The highest BCUT2D eigenvalue weighted by molar-refractivity contribution is 7.91. The minimum Gasteiger partial charge on any atom is -0.486 e. The lowest BCUT2D eigenvalue weighted by molar-refractivity contribution is -0.119. The van der Waals surface area contributed by atoms with E-state index in [1.165, 1.54) is 6.92 Å². The summed E-state index contributed by atoms with van der Waals surface area (Å²) >= 11 is 0. The van der Waals surface area contributed by atoms with E-state index < -0.39 is 21.9 Å². The molecule has 1 saturated heterocycles. The number of aromatic nitrogens is 2. The normalized spacial score (nSPS) is 23.6. The van der Waals surface area contributed by atoms with Crippen LogP contribution in [0.25, 0.3) is 11.4 Å². The van der Waals surface area contributed by atoms with Crippen molar-refractivity contribution in [2.75, 3.05) is 24.7 Å². The van der Waals surface area contributed by atoms with Crippen LogP contribution < -0.4 is 14.8 Å². The number of sulfone groups is 1. The Morgan fingerprint density at radius 1 is 1.23 bits per heavy atom. The first kappa shape index (κ1) is 16.9. The fourth-order valence-electron chi connectivity index (χ4n) is 3.49. The van der Waals surface area contributed by atoms with Crippen LogP contribution >= 0.6 is 0 Å². The summed E-state index contributed by atoms with van der Waals surface area (Å²) in [5.41, 5.74) is 0.796. The minimum atomic E-state index is -3.24. The zero-order valence-corrected chi connectivity index (χ0v) is 15.0. The van der Waals surface area contributed by atoms with E-state index >= 15 is 0 Å². The Morgan fingerprint density at radius 3 is 2.77 bits per heavy atom. The summed E-state index contributed by atoms with van der Waals surface area (Å²) in [6.07, 6.45) is 3.37. The fraction of sp³-hybridized carbons (Fsp3) is 0.412. The largest absolute Gasteiger partial charge is 0.486 e. The molecule has 1 amide bonds. The van der Waals surface area contributed by atoms with E-state index in [4.69, 9.17) is 9.47 Å². The van der Waals surface area contributed by atoms with Crippen molar-refractivity contribution in [3.63, 3.8) is 0 Å². The van der Waals surface area contributed by atoms with Gasteiger partial charge in [0.2, 0.25) is 5.91 Å². The standard InChI is InChI=1S/C17H19N3O5S/c1-11(21)19-13-9-26(22,23)10-14(13)20-5-4-18-17(20)12-2-3-15-16(8-12)25-7-6-24-15/h2-5,8,13-14H,6-7,9-10H2,1H3,(H,19,21)/t13-,14+/m0/s1. The molecule has 0 saturated carbocycles. The van der Waals surface area contributed by atoms with Crippen LogP contribution in [0, 0.1) is 0 Å². The number of hydrogen-bond acceptors (Lipinski definition) is 6. The lowest BCUT2D eigenvalue weighted by atomic mass is 10.1. The van der Waals surface area contributed by atoms with Crippen LogP contribution in [0.15, 0.2) is 30.6 Å². The van der Waals surface area contributed by atoms with Gasteiger partial charge >= 0.3 is 0 Å². The summed E-state index contributed by atoms with van der Waals surface area (Å²) in [5, 5.41) is 2.75. The van der Waals surface area contributed by atoms with Crippen molar-refractivity contribution in [2.24, 2.45) is 0 Å². The second kappa shape index (κ2) is 6.31. The predicted molar refractivity (Wildman–Crippen MR) is 93.9 cm³/mol. The van der Waals surface area contributed by atoms with Gasteiger partial charge in [0.15, 0.2) is 21.3 Å². The van der Waals surface area contributed by atoms with Crippen LogP contribution in [-0.2, 0) is 14.6 Å². The van der Waals surface area contributed by atoms with Crippen LogP contribution in [0.3, 0.4) is 0 Å². The Hall–Kier alpha value is -2.55. The number of carbonyl (C=O) groups is 1. The highest BCUT2D eigenvalue weighted by atomic mass is 32.2. The van der Waals surface area contributed by atoms with Gasteiger partial charge < -0.3 is 19.4 Å². The summed E-state index contributed by atoms with van der Waals surface area (Å²) in [7, 11) is -3.24. The van der Waals surface area contributed by atoms with Crippen LogP contribution in [0.1, 0.15) is 13.0 Å². The number of benzene rings is 1. The summed E-state index contributed by atoms with van der Waals surface area (Å²) in [4.78, 5) is 15.9. The SMILES string of the molecule is CC(=O)N[C@H]1CS(=O)(=O)C[C@H]1n1ccnc1-c1ccc2c(c1)OCCO2. The maximum absolute atomic E-state index is 12.1. The number of nitrogens with one attached hydrogen (secondary N) is 1. The molecule has 4 rings (SSSR count). The van der Waals surface area contributed by atoms with Gasteiger partial charge in [-0.15, -0.1) is 0 Å². The molecule has 0 bridgehead atoms. The van der Waals surface area contributed by atoms with Gasteiger partial charge in [-0.3, -0.25) is 4.79 Å². The fourth-order valence-corrected chi connectivity index (χ4v) is 5.39. The maximum atomic E-state index is 12.1. The number of ether oxygens (including phenoxy) is 2. The van der Waals surface area contributed by atoms with E-state index in [-0.39, 0.29) is 17.4 Å². The van der Waals surface area contributed by atoms with Crippen molar-refractivity contribution in [2.45, 2.75) is 19.0 Å². The molecule has 0 aliphatic carbocycles. The van der Waals surface area contributed by atoms with Crippen LogP contribution in [0.5, 0.6) is 11.5 Å². The second-order valence-corrected chi connectivity index (χ2v) is 8.62. The van der Waals surface area contributed by atoms with E-state index in [0.29, 0.717) is 30.5 Å². The number of imidazole rings is 1. The first-order chi connectivity index (χ1) is 12.4. The van der Waals surface area contributed by atoms with Crippen LogP contribution in [0.2, 0.25) is 0 Å². The Morgan fingerprint density at radius 2 is 2.00 bits per heavy atom. The van der Waals surface area contributed by atoms with Gasteiger partial charge in [-0.05, 0) is 18.2 Å². The molecule has 0 unspecified atom stereocenters. The lowest BCUT2D eigenvalue weighted by Crippen LogP contribution is -2.39. The molecular formula is C17H19N3O5S. The Bertz CT molecular complexity index is 953. The molecule has 8 nitrogen and oxygen atoms in total. The molecule has 138 valence electrons. The third-order valence-corrected chi connectivity index (χ3v) is 6.25. The van der Waals surface area contributed by atoms with Gasteiger partial charge in [0, 0.05) is 24.9 Å². The van der Waals surface area contributed by atoms with E-state index in [9.17, 15) is 13.2 Å². The van der Waals surface area contributed by atoms with E-state index in [2.05, 4.69) is 10.3 Å². The first-order valence-corrected chi connectivity index (χ1v) is 10.2. The first-order valence-electron chi connectivity index (χ1n) is 8.33. The average Bonchev–Trinajstić information content (AvgIpc) is 3.17. The molecule has 2 aliphatic heterocycles. The minimum absolute atomic E-state index is 0.0359. The summed E-state index contributed by atoms with van der Waals surface area (Å²) in [6.45, 7) is 2.38. The smallest absolute Gasteiger partial charge is 0.217 e. The number of hydrogen-bond donors (Lipinski definition) is 1. The second-order valence-electron chi connectivity index (χ2n) is 6.47. The highest BCUT2D eigenvalue weighted by Gasteiger charge is 2.40. The van der Waals surface area contributed by atoms with Gasteiger partial charge in [0.1, 0.15) is 19.0 Å². The molecule has 2 atom stereocenters. The number of amides is 1. The van der Waals surface area contributed by atoms with Crippen LogP contribution in [0.4, 0.5) is 0 Å². The van der Waals surface area contributed by atoms with Crippen molar-refractivity contribution in [3.05, 3.63) is 30.6 Å². The van der Waals surface area contributed by atoms with Crippen molar-refractivity contribution >= 4 is 15.7 Å². The molecule has 0 spiro atoms. The molecule has 26 heavy (non-hydrogen) atoms. The number of nitrogens with zero attached hydrogens (tertiary/aromatic N) is 2. The summed E-state index contributed by atoms with van der Waals surface area (Å²) in [5.74, 6) is 1.58. The highest BCUT2D eigenvalue weighted by Crippen LogP contribution is 2.36. The monoisotopic (exact) mass is 377 g/mol. The molecular weight excluding hydrogens is 358 g/mol. The Balaban J connectivity index is 1.71. The van der Waals surface area contributed by atoms with E-state index in [1.54, 1.807) is 12.4 Å². The van der Waals surface area contributed by atoms with Crippen molar-refractivity contribution < 1.29 is 22.7 Å². The van der Waals surface area contributed by atoms with Gasteiger partial charge in [-0.1, -0.05) is 0 Å². The zero-order valence-electron chi connectivity index (χ0n) is 14.2. The molecule has 0 radical (unpaired) electrons. The lowest BCUT2D eigenvalue weighted by Gasteiger charge is -2.23. The van der Waals surface area contributed by atoms with Crippen molar-refractivity contribution in [1.82, 2.24) is 14.9 Å². The Labute approximate surface area is 151 Å². The van der Waals surface area contributed by atoms with E-state index in [1.807, 2.05) is 22.8 Å². The van der Waals surface area contributed by atoms with Crippen LogP contribution in [-0.4, -0.2) is 54.6 Å². The molecule has 1 N–H and O–H groups in total. The molecule has 3 heterocycles. The Kier molecular flexibility index (Phi) is 4.10. The van der Waals surface area contributed by atoms with Gasteiger partial charge in [-0.25, -0.2) is 13.4 Å². The van der Waals surface area contributed by atoms with E-state index in [0.717, 1.165) is 5.56 Å².